The maximum Gasteiger partial charge on any atom is -0.0175 e. The first-order valence-electron chi connectivity index (χ1n) is 7.64. The zero-order chi connectivity index (χ0) is 15.5. The molecule has 0 saturated heterocycles. The number of hydrogen-bond donors (Lipinski definition) is 0. The van der Waals surface area contributed by atoms with Crippen LogP contribution in [0.2, 0.25) is 0 Å². The van der Waals surface area contributed by atoms with Crippen LogP contribution >= 0.6 is 0 Å². The summed E-state index contributed by atoms with van der Waals surface area (Å²) < 4.78 is 0. The summed E-state index contributed by atoms with van der Waals surface area (Å²) >= 11 is 0. The van der Waals surface area contributed by atoms with E-state index in [2.05, 4.69) is 40.7 Å². The van der Waals surface area contributed by atoms with Crippen LogP contribution in [0.25, 0.3) is 0 Å². The third-order valence-corrected chi connectivity index (χ3v) is 1.59. The van der Waals surface area contributed by atoms with E-state index in [0.29, 0.717) is 5.41 Å². The van der Waals surface area contributed by atoms with Crippen LogP contribution in [-0.4, -0.2) is 0 Å². The summed E-state index contributed by atoms with van der Waals surface area (Å²) in [5, 5.41) is 0. The van der Waals surface area contributed by atoms with Gasteiger partial charge in [-0.05, 0) is 25.7 Å². The third kappa shape index (κ3) is 49.6. The van der Waals surface area contributed by atoms with Gasteiger partial charge in [-0.1, -0.05) is 87.8 Å². The molecule has 0 aliphatic carbocycles. The molecule has 0 radical (unpaired) electrons. The maximum atomic E-state index is 2.33. The van der Waals surface area contributed by atoms with Gasteiger partial charge in [-0.2, -0.15) is 0 Å². The molecule has 0 aromatic carbocycles. The van der Waals surface area contributed by atoms with Crippen molar-refractivity contribution < 1.29 is 0 Å². The average Bonchev–Trinajstić information content (AvgIpc) is 2.38. The summed E-state index contributed by atoms with van der Waals surface area (Å²) in [6.07, 6.45) is 3.55. The van der Waals surface area contributed by atoms with Crippen molar-refractivity contribution >= 4 is 0 Å². The highest BCUT2D eigenvalue weighted by molar-refractivity contribution is 5.01. The molecule has 0 aliphatic heterocycles. The van der Waals surface area contributed by atoms with E-state index in [1.807, 2.05) is 55.4 Å². The van der Waals surface area contributed by atoms with Gasteiger partial charge >= 0.3 is 0 Å². The Morgan fingerprint density at radius 1 is 0.765 bits per heavy atom. The molecule has 0 N–H and O–H groups in total. The van der Waals surface area contributed by atoms with E-state index in [0.717, 1.165) is 0 Å². The highest BCUT2D eigenvalue weighted by Crippen LogP contribution is 2.22. The van der Waals surface area contributed by atoms with Gasteiger partial charge in [0.1, 0.15) is 0 Å². The average molecular weight is 247 g/mol. The van der Waals surface area contributed by atoms with Crippen molar-refractivity contribution in [1.82, 2.24) is 0 Å². The Hall–Kier alpha value is -0.260. The van der Waals surface area contributed by atoms with Crippen LogP contribution in [0.3, 0.4) is 0 Å². The predicted octanol–water partition coefficient (Wildman–Crippen LogP) is 7.49. The van der Waals surface area contributed by atoms with Crippen LogP contribution in [0.5, 0.6) is 0 Å². The van der Waals surface area contributed by atoms with Gasteiger partial charge in [-0.15, -0.1) is 0 Å². The molecule has 0 aliphatic rings. The molecule has 0 spiro atoms. The van der Waals surface area contributed by atoms with Gasteiger partial charge in [-0.3, -0.25) is 0 Å². The lowest BCUT2D eigenvalue weighted by atomic mass is 9.88. The maximum absolute atomic E-state index is 2.33. The molecule has 0 aromatic heterocycles. The van der Waals surface area contributed by atoms with E-state index in [4.69, 9.17) is 0 Å². The van der Waals surface area contributed by atoms with Gasteiger partial charge in [0.15, 0.2) is 0 Å². The zero-order valence-corrected chi connectivity index (χ0v) is 15.3. The van der Waals surface area contributed by atoms with Crippen molar-refractivity contribution in [1.29, 1.82) is 0 Å². The fourth-order valence-corrected chi connectivity index (χ4v) is 0.884. The largest absolute Gasteiger partial charge is 0.0802 e. The van der Waals surface area contributed by atoms with Gasteiger partial charge in [0.05, 0.1) is 0 Å². The Balaban J connectivity index is -0.0000000507. The van der Waals surface area contributed by atoms with Crippen LogP contribution in [0.15, 0.2) is 11.6 Å². The molecule has 0 nitrogen and oxygen atoms in total. The molecule has 0 amide bonds. The molecule has 0 rings (SSSR count). The first kappa shape index (κ1) is 30.1. The Kier molecular flexibility index (Phi) is 52.5. The first-order valence-corrected chi connectivity index (χ1v) is 7.64. The molecule has 0 unspecified atom stereocenters. The van der Waals surface area contributed by atoms with Gasteiger partial charge in [-0.25, -0.2) is 0 Å². The Morgan fingerprint density at radius 2 is 1.00 bits per heavy atom. The van der Waals surface area contributed by atoms with E-state index in [9.17, 15) is 0 Å². The molecule has 0 bridgehead atoms. The molecular weight excluding hydrogens is 204 g/mol. The van der Waals surface area contributed by atoms with Gasteiger partial charge < -0.3 is 0 Å². The standard InChI is InChI=1S/C9H18.4C2H6/c1-6-9(4,5)7-8(2)3;4*1-2/h7H,6H2,1-5H3;4*1-2H3. The van der Waals surface area contributed by atoms with E-state index >= 15 is 0 Å². The minimum Gasteiger partial charge on any atom is -0.0802 e. The minimum absolute atomic E-state index is 0.402. The van der Waals surface area contributed by atoms with Crippen LogP contribution in [-0.2, 0) is 0 Å². The summed E-state index contributed by atoms with van der Waals surface area (Å²) in [6.45, 7) is 27.0. The summed E-state index contributed by atoms with van der Waals surface area (Å²) in [5.41, 5.74) is 1.82. The second-order valence-electron chi connectivity index (χ2n) is 3.56. The van der Waals surface area contributed by atoms with Crippen molar-refractivity contribution in [2.45, 2.75) is 96.4 Å². The quantitative estimate of drug-likeness (QED) is 0.443. The SMILES string of the molecule is CC.CC.CC.CC.CCC(C)(C)C=C(C)C. The number of allylic oxidation sites excluding steroid dienone is 2. The summed E-state index contributed by atoms with van der Waals surface area (Å²) in [4.78, 5) is 0. The summed E-state index contributed by atoms with van der Waals surface area (Å²) in [5.74, 6) is 0. The monoisotopic (exact) mass is 246 g/mol. The Bertz CT molecular complexity index is 103. The predicted molar refractivity (Wildman–Crippen MR) is 88.9 cm³/mol. The molecule has 0 atom stereocenters. The Labute approximate surface area is 114 Å². The smallest absolute Gasteiger partial charge is 0.0175 e. The van der Waals surface area contributed by atoms with Crippen molar-refractivity contribution in [2.75, 3.05) is 0 Å². The van der Waals surface area contributed by atoms with E-state index < -0.39 is 0 Å². The number of rotatable bonds is 2. The molecule has 0 aromatic rings. The normalized spacial score (nSPS) is 7.35. The van der Waals surface area contributed by atoms with E-state index in [1.54, 1.807) is 0 Å². The topological polar surface area (TPSA) is 0 Å². The molecule has 0 heterocycles. The van der Waals surface area contributed by atoms with Crippen molar-refractivity contribution in [3.63, 3.8) is 0 Å². The van der Waals surface area contributed by atoms with Gasteiger partial charge in [0.2, 0.25) is 0 Å². The summed E-state index contributed by atoms with van der Waals surface area (Å²) in [6, 6.07) is 0. The fourth-order valence-electron chi connectivity index (χ4n) is 0.884. The van der Waals surface area contributed by atoms with E-state index in [1.165, 1.54) is 12.0 Å². The van der Waals surface area contributed by atoms with Crippen LogP contribution in [0, 0.1) is 5.41 Å². The molecule has 0 saturated carbocycles. The van der Waals surface area contributed by atoms with E-state index in [-0.39, 0.29) is 0 Å². The van der Waals surface area contributed by atoms with Crippen molar-refractivity contribution in [2.24, 2.45) is 5.41 Å². The van der Waals surface area contributed by atoms with Gasteiger partial charge in [0.25, 0.3) is 0 Å². The first-order chi connectivity index (χ1) is 7.98. The minimum atomic E-state index is 0.402. The molecule has 0 fully saturated rings. The second-order valence-corrected chi connectivity index (χ2v) is 3.56. The summed E-state index contributed by atoms with van der Waals surface area (Å²) in [7, 11) is 0. The van der Waals surface area contributed by atoms with Crippen molar-refractivity contribution in [3.05, 3.63) is 11.6 Å². The fraction of sp³-hybridized carbons (Fsp3) is 0.882. The van der Waals surface area contributed by atoms with Gasteiger partial charge in [0, 0.05) is 0 Å². The molecule has 0 heteroatoms. The van der Waals surface area contributed by atoms with Crippen molar-refractivity contribution in [3.8, 4) is 0 Å². The van der Waals surface area contributed by atoms with Crippen LogP contribution in [0.1, 0.15) is 96.4 Å². The Morgan fingerprint density at radius 3 is 1.06 bits per heavy atom. The van der Waals surface area contributed by atoms with Crippen LogP contribution in [0.4, 0.5) is 0 Å². The third-order valence-electron chi connectivity index (χ3n) is 1.59. The highest BCUT2D eigenvalue weighted by Gasteiger charge is 2.09. The van der Waals surface area contributed by atoms with Crippen LogP contribution < -0.4 is 0 Å². The zero-order valence-electron chi connectivity index (χ0n) is 15.3. The molecule has 110 valence electrons. The second kappa shape index (κ2) is 29.6. The lowest BCUT2D eigenvalue weighted by molar-refractivity contribution is 0.459. The number of hydrogen-bond acceptors (Lipinski definition) is 0. The molecule has 17 heavy (non-hydrogen) atoms. The molecular formula is C17H42. The lowest BCUT2D eigenvalue weighted by Crippen LogP contribution is -2.04. The lowest BCUT2D eigenvalue weighted by Gasteiger charge is -2.17. The highest BCUT2D eigenvalue weighted by atomic mass is 14.1.